The number of hydrogen-bond acceptors (Lipinski definition) is 5. The molecular formula is C17H21N3O3S2. The molecule has 3 N–H and O–H groups in total. The van der Waals surface area contributed by atoms with E-state index in [1.165, 1.54) is 17.7 Å². The number of carbonyl (C=O) groups is 1. The SMILES string of the molecule is CC(C(=O)Nc1cccc(S(N)(=O)=O)c1)N1CCCC1c1ccsc1. The number of amides is 1. The molecule has 0 radical (unpaired) electrons. The molecule has 1 amide bonds. The lowest BCUT2D eigenvalue weighted by atomic mass is 10.1. The first kappa shape index (κ1) is 18.1. The predicted molar refractivity (Wildman–Crippen MR) is 98.9 cm³/mol. The van der Waals surface area contributed by atoms with Gasteiger partial charge in [0.1, 0.15) is 0 Å². The van der Waals surface area contributed by atoms with Crippen molar-refractivity contribution in [1.82, 2.24) is 4.90 Å². The van der Waals surface area contributed by atoms with Gasteiger partial charge in [-0.05, 0) is 66.9 Å². The topological polar surface area (TPSA) is 92.5 Å². The number of thiophene rings is 1. The fourth-order valence-electron chi connectivity index (χ4n) is 3.22. The first-order valence-corrected chi connectivity index (χ1v) is 10.6. The van der Waals surface area contributed by atoms with E-state index in [1.807, 2.05) is 6.92 Å². The van der Waals surface area contributed by atoms with Crippen molar-refractivity contribution in [3.63, 3.8) is 0 Å². The van der Waals surface area contributed by atoms with Crippen LogP contribution < -0.4 is 10.5 Å². The molecule has 2 atom stereocenters. The molecule has 1 saturated heterocycles. The molecule has 0 bridgehead atoms. The van der Waals surface area contributed by atoms with Gasteiger partial charge >= 0.3 is 0 Å². The van der Waals surface area contributed by atoms with E-state index < -0.39 is 10.0 Å². The summed E-state index contributed by atoms with van der Waals surface area (Å²) in [6.07, 6.45) is 2.09. The zero-order valence-electron chi connectivity index (χ0n) is 13.9. The van der Waals surface area contributed by atoms with Crippen LogP contribution in [0.3, 0.4) is 0 Å². The second kappa shape index (κ2) is 7.25. The highest BCUT2D eigenvalue weighted by atomic mass is 32.2. The molecule has 8 heteroatoms. The number of nitrogens with two attached hydrogens (primary N) is 1. The molecule has 1 aliphatic rings. The number of hydrogen-bond donors (Lipinski definition) is 2. The van der Waals surface area contributed by atoms with Crippen LogP contribution in [0.5, 0.6) is 0 Å². The monoisotopic (exact) mass is 379 g/mol. The minimum absolute atomic E-state index is 0.0183. The number of rotatable bonds is 5. The Kier molecular flexibility index (Phi) is 5.24. The largest absolute Gasteiger partial charge is 0.325 e. The van der Waals surface area contributed by atoms with Crippen LogP contribution >= 0.6 is 11.3 Å². The van der Waals surface area contributed by atoms with Crippen molar-refractivity contribution in [3.8, 4) is 0 Å². The van der Waals surface area contributed by atoms with Crippen LogP contribution in [-0.2, 0) is 14.8 Å². The van der Waals surface area contributed by atoms with Gasteiger partial charge in [-0.1, -0.05) is 6.07 Å². The predicted octanol–water partition coefficient (Wildman–Crippen LogP) is 2.56. The van der Waals surface area contributed by atoms with Gasteiger partial charge in [-0.2, -0.15) is 11.3 Å². The first-order valence-electron chi connectivity index (χ1n) is 8.08. The normalized spacial score (nSPS) is 19.7. The van der Waals surface area contributed by atoms with Gasteiger partial charge in [-0.15, -0.1) is 0 Å². The van der Waals surface area contributed by atoms with Crippen LogP contribution in [0.25, 0.3) is 0 Å². The van der Waals surface area contributed by atoms with Crippen molar-refractivity contribution in [1.29, 1.82) is 0 Å². The third-order valence-electron chi connectivity index (χ3n) is 4.53. The Morgan fingerprint density at radius 2 is 2.20 bits per heavy atom. The Morgan fingerprint density at radius 3 is 2.88 bits per heavy atom. The van der Waals surface area contributed by atoms with Crippen LogP contribution in [-0.4, -0.2) is 31.8 Å². The van der Waals surface area contributed by atoms with E-state index in [4.69, 9.17) is 5.14 Å². The molecule has 6 nitrogen and oxygen atoms in total. The maximum Gasteiger partial charge on any atom is 0.241 e. The summed E-state index contributed by atoms with van der Waals surface area (Å²) in [5, 5.41) is 12.1. The molecule has 1 aliphatic heterocycles. The summed E-state index contributed by atoms with van der Waals surface area (Å²) in [6.45, 7) is 2.75. The van der Waals surface area contributed by atoms with Gasteiger partial charge in [0.15, 0.2) is 0 Å². The van der Waals surface area contributed by atoms with Crippen molar-refractivity contribution < 1.29 is 13.2 Å². The number of likely N-dealkylation sites (tertiary alicyclic amines) is 1. The van der Waals surface area contributed by atoms with Crippen LogP contribution in [0.4, 0.5) is 5.69 Å². The molecule has 3 rings (SSSR count). The molecule has 2 heterocycles. The molecule has 1 aromatic carbocycles. The van der Waals surface area contributed by atoms with E-state index in [9.17, 15) is 13.2 Å². The van der Waals surface area contributed by atoms with E-state index >= 15 is 0 Å². The highest BCUT2D eigenvalue weighted by Gasteiger charge is 2.33. The third-order valence-corrected chi connectivity index (χ3v) is 6.14. The first-order chi connectivity index (χ1) is 11.9. The molecule has 1 aromatic heterocycles. The zero-order valence-corrected chi connectivity index (χ0v) is 15.5. The minimum Gasteiger partial charge on any atom is -0.325 e. The average Bonchev–Trinajstić information content (AvgIpc) is 3.24. The molecule has 25 heavy (non-hydrogen) atoms. The van der Waals surface area contributed by atoms with Crippen LogP contribution in [0.15, 0.2) is 46.0 Å². The summed E-state index contributed by atoms with van der Waals surface area (Å²) in [6, 6.07) is 8.03. The molecule has 0 spiro atoms. The van der Waals surface area contributed by atoms with Gasteiger partial charge < -0.3 is 5.32 Å². The van der Waals surface area contributed by atoms with Crippen LogP contribution in [0, 0.1) is 0 Å². The molecule has 1 fully saturated rings. The van der Waals surface area contributed by atoms with Gasteiger partial charge in [-0.3, -0.25) is 9.69 Å². The lowest BCUT2D eigenvalue weighted by Crippen LogP contribution is -2.41. The molecule has 0 aliphatic carbocycles. The average molecular weight is 380 g/mol. The summed E-state index contributed by atoms with van der Waals surface area (Å²) in [7, 11) is -3.80. The fourth-order valence-corrected chi connectivity index (χ4v) is 4.49. The number of primary sulfonamides is 1. The van der Waals surface area contributed by atoms with Gasteiger partial charge in [0, 0.05) is 11.7 Å². The minimum atomic E-state index is -3.80. The maximum atomic E-state index is 12.6. The van der Waals surface area contributed by atoms with Crippen LogP contribution in [0.1, 0.15) is 31.4 Å². The third kappa shape index (κ3) is 4.09. The fraction of sp³-hybridized carbons (Fsp3) is 0.353. The Bertz CT molecular complexity index is 850. The van der Waals surface area contributed by atoms with Crippen molar-refractivity contribution in [2.75, 3.05) is 11.9 Å². The summed E-state index contributed by atoms with van der Waals surface area (Å²) in [4.78, 5) is 14.8. The molecule has 2 unspecified atom stereocenters. The summed E-state index contributed by atoms with van der Waals surface area (Å²) >= 11 is 1.66. The summed E-state index contributed by atoms with van der Waals surface area (Å²) in [5.41, 5.74) is 1.67. The Hall–Kier alpha value is -1.74. The highest BCUT2D eigenvalue weighted by molar-refractivity contribution is 7.89. The quantitative estimate of drug-likeness (QED) is 0.835. The Morgan fingerprint density at radius 1 is 1.40 bits per heavy atom. The van der Waals surface area contributed by atoms with Crippen LogP contribution in [0.2, 0.25) is 0 Å². The number of benzene rings is 1. The molecule has 134 valence electrons. The van der Waals surface area contributed by atoms with E-state index in [0.717, 1.165) is 19.4 Å². The standard InChI is InChI=1S/C17H21N3O3S2/c1-12(20-8-3-6-16(20)13-7-9-24-11-13)17(21)19-14-4-2-5-15(10-14)25(18,22)23/h2,4-5,7,9-12,16H,3,6,8H2,1H3,(H,19,21)(H2,18,22,23). The van der Waals surface area contributed by atoms with E-state index in [2.05, 4.69) is 27.0 Å². The molecule has 2 aromatic rings. The van der Waals surface area contributed by atoms with Crippen molar-refractivity contribution in [2.45, 2.75) is 36.7 Å². The van der Waals surface area contributed by atoms with Gasteiger partial charge in [0.25, 0.3) is 0 Å². The Balaban J connectivity index is 1.73. The number of carbonyl (C=O) groups excluding carboxylic acids is 1. The molecular weight excluding hydrogens is 358 g/mol. The number of nitrogens with zero attached hydrogens (tertiary/aromatic N) is 1. The second-order valence-corrected chi connectivity index (χ2v) is 8.53. The highest BCUT2D eigenvalue weighted by Crippen LogP contribution is 2.34. The number of anilines is 1. The van der Waals surface area contributed by atoms with Gasteiger partial charge in [-0.25, -0.2) is 13.6 Å². The second-order valence-electron chi connectivity index (χ2n) is 6.19. The molecule has 0 saturated carbocycles. The number of sulfonamides is 1. The van der Waals surface area contributed by atoms with E-state index in [0.29, 0.717) is 5.69 Å². The Labute approximate surface area is 151 Å². The van der Waals surface area contributed by atoms with Crippen molar-refractivity contribution in [2.24, 2.45) is 5.14 Å². The smallest absolute Gasteiger partial charge is 0.241 e. The lowest BCUT2D eigenvalue weighted by Gasteiger charge is -2.29. The lowest BCUT2D eigenvalue weighted by molar-refractivity contribution is -0.121. The van der Waals surface area contributed by atoms with Gasteiger partial charge in [0.05, 0.1) is 10.9 Å². The summed E-state index contributed by atoms with van der Waals surface area (Å²) < 4.78 is 22.9. The summed E-state index contributed by atoms with van der Waals surface area (Å²) in [5.74, 6) is -0.159. The zero-order chi connectivity index (χ0) is 18.0. The van der Waals surface area contributed by atoms with Gasteiger partial charge in [0.2, 0.25) is 15.9 Å². The maximum absolute atomic E-state index is 12.6. The van der Waals surface area contributed by atoms with E-state index in [1.54, 1.807) is 23.5 Å². The van der Waals surface area contributed by atoms with Crippen molar-refractivity contribution >= 4 is 33.0 Å². The van der Waals surface area contributed by atoms with Crippen molar-refractivity contribution in [3.05, 3.63) is 46.7 Å². The van der Waals surface area contributed by atoms with E-state index in [-0.39, 0.29) is 22.9 Å². The number of nitrogens with one attached hydrogen (secondary N) is 1.